The maximum atomic E-state index is 12.8. The number of aromatic nitrogens is 2. The zero-order valence-electron chi connectivity index (χ0n) is 22.0. The van der Waals surface area contributed by atoms with Gasteiger partial charge < -0.3 is 20.9 Å². The normalized spacial score (nSPS) is 13.7. The smallest absolute Gasteiger partial charge is 0.314 e. The van der Waals surface area contributed by atoms with Gasteiger partial charge in [-0.15, -0.1) is 0 Å². The first-order valence-electron chi connectivity index (χ1n) is 12.7. The van der Waals surface area contributed by atoms with Crippen molar-refractivity contribution in [1.82, 2.24) is 19.8 Å². The molecule has 3 aromatic rings. The molecule has 1 fully saturated rings. The fourth-order valence-corrected chi connectivity index (χ4v) is 4.02. The minimum Gasteiger partial charge on any atom is -0.351 e. The number of anilines is 3. The summed E-state index contributed by atoms with van der Waals surface area (Å²) in [5, 5.41) is 4.76. The number of urea groups is 1. The van der Waals surface area contributed by atoms with Crippen LogP contribution in [-0.2, 0) is 0 Å². The molecule has 0 spiro atoms. The summed E-state index contributed by atoms with van der Waals surface area (Å²) in [6.45, 7) is 7.83. The number of carbonyl (C=O) groups is 2. The number of hydrogen-bond donors (Lipinski definition) is 4. The SMILES string of the molecule is CC.CCC(S)N(N)c1ccc(-c2ccnc(Nc3ccc(C(=O)N4CCN(C(N)=O)CC4)cc3)n2)cc1. The first-order valence-corrected chi connectivity index (χ1v) is 13.2. The fraction of sp³-hybridized carbons (Fsp3) is 0.333. The van der Waals surface area contributed by atoms with Gasteiger partial charge in [-0.1, -0.05) is 32.9 Å². The second-order valence-corrected chi connectivity index (χ2v) is 9.02. The van der Waals surface area contributed by atoms with Crippen LogP contribution >= 0.6 is 12.6 Å². The summed E-state index contributed by atoms with van der Waals surface area (Å²) in [5.74, 6) is 6.48. The lowest BCUT2D eigenvalue weighted by atomic mass is 10.1. The summed E-state index contributed by atoms with van der Waals surface area (Å²) >= 11 is 4.48. The number of piperazine rings is 1. The molecule has 11 heteroatoms. The second kappa shape index (κ2) is 13.6. The van der Waals surface area contributed by atoms with Gasteiger partial charge in [-0.25, -0.2) is 20.6 Å². The van der Waals surface area contributed by atoms with Crippen molar-refractivity contribution in [3.8, 4) is 11.3 Å². The number of thiol groups is 1. The molecule has 1 aliphatic rings. The number of nitrogens with one attached hydrogen (secondary N) is 1. The van der Waals surface area contributed by atoms with E-state index in [2.05, 4.69) is 27.9 Å². The van der Waals surface area contributed by atoms with E-state index >= 15 is 0 Å². The topological polar surface area (TPSA) is 134 Å². The monoisotopic (exact) mass is 536 g/mol. The number of nitrogens with two attached hydrogens (primary N) is 2. The fourth-order valence-electron chi connectivity index (χ4n) is 3.89. The summed E-state index contributed by atoms with van der Waals surface area (Å²) < 4.78 is 0. The molecular formula is C27H36N8O2S. The van der Waals surface area contributed by atoms with Crippen molar-refractivity contribution in [1.29, 1.82) is 0 Å². The third kappa shape index (κ3) is 7.14. The number of nitrogens with zero attached hydrogens (tertiary/aromatic N) is 5. The Morgan fingerprint density at radius 3 is 2.18 bits per heavy atom. The van der Waals surface area contributed by atoms with Gasteiger partial charge in [0.1, 0.15) is 0 Å². The molecule has 3 amide bonds. The van der Waals surface area contributed by atoms with E-state index in [1.54, 1.807) is 28.2 Å². The minimum absolute atomic E-state index is 0.0561. The van der Waals surface area contributed by atoms with Crippen LogP contribution in [0.15, 0.2) is 60.8 Å². The van der Waals surface area contributed by atoms with Gasteiger partial charge in [-0.2, -0.15) is 12.6 Å². The van der Waals surface area contributed by atoms with E-state index in [0.29, 0.717) is 37.7 Å². The van der Waals surface area contributed by atoms with Crippen LogP contribution in [0.3, 0.4) is 0 Å². The molecule has 1 aliphatic heterocycles. The van der Waals surface area contributed by atoms with E-state index in [9.17, 15) is 9.59 Å². The Hall–Kier alpha value is -3.83. The summed E-state index contributed by atoms with van der Waals surface area (Å²) in [4.78, 5) is 36.3. The lowest BCUT2D eigenvalue weighted by Gasteiger charge is -2.33. The third-order valence-electron chi connectivity index (χ3n) is 6.07. The van der Waals surface area contributed by atoms with E-state index in [0.717, 1.165) is 29.1 Å². The van der Waals surface area contributed by atoms with Gasteiger partial charge in [-0.05, 0) is 48.9 Å². The number of rotatable bonds is 7. The maximum Gasteiger partial charge on any atom is 0.314 e. The number of hydrogen-bond acceptors (Lipinski definition) is 8. The molecule has 5 N–H and O–H groups in total. The predicted molar refractivity (Wildman–Crippen MR) is 155 cm³/mol. The first-order chi connectivity index (χ1) is 18.4. The standard InChI is InChI=1S/C25H30N8O2S.C2H6/c1-2-22(36)33(27)20-9-5-17(6-10-20)21-11-12-28-25(30-21)29-19-7-3-18(4-8-19)23(34)31-13-15-32(16-14-31)24(26)35;1-2/h3-12,22,36H,2,13-16,27H2,1H3,(H2,26,35)(H,28,29,30);1-2H3. The van der Waals surface area contributed by atoms with Gasteiger partial charge >= 0.3 is 6.03 Å². The Morgan fingerprint density at radius 1 is 1.00 bits per heavy atom. The first kappa shape index (κ1) is 28.7. The molecule has 1 aromatic heterocycles. The molecule has 2 heterocycles. The van der Waals surface area contributed by atoms with Gasteiger partial charge in [-0.3, -0.25) is 9.80 Å². The zero-order valence-corrected chi connectivity index (χ0v) is 22.9. The van der Waals surface area contributed by atoms with Gasteiger partial charge in [0.05, 0.1) is 16.8 Å². The molecule has 1 saturated heterocycles. The van der Waals surface area contributed by atoms with Crippen molar-refractivity contribution in [3.63, 3.8) is 0 Å². The van der Waals surface area contributed by atoms with Gasteiger partial charge in [0.2, 0.25) is 5.95 Å². The summed E-state index contributed by atoms with van der Waals surface area (Å²) in [6, 6.07) is 16.3. The van der Waals surface area contributed by atoms with E-state index in [1.807, 2.05) is 63.2 Å². The highest BCUT2D eigenvalue weighted by Gasteiger charge is 2.23. The predicted octanol–water partition coefficient (Wildman–Crippen LogP) is 4.10. The van der Waals surface area contributed by atoms with Crippen molar-refractivity contribution in [3.05, 3.63) is 66.4 Å². The van der Waals surface area contributed by atoms with E-state index in [4.69, 9.17) is 11.6 Å². The molecule has 0 radical (unpaired) electrons. The van der Waals surface area contributed by atoms with Crippen LogP contribution in [0, 0.1) is 0 Å². The molecule has 0 bridgehead atoms. The van der Waals surface area contributed by atoms with Crippen molar-refractivity contribution in [2.45, 2.75) is 32.6 Å². The Balaban J connectivity index is 0.00000195. The molecule has 0 aliphatic carbocycles. The minimum atomic E-state index is -0.457. The lowest BCUT2D eigenvalue weighted by molar-refractivity contribution is 0.0669. The molecule has 1 unspecified atom stereocenters. The average Bonchev–Trinajstić information content (AvgIpc) is 2.97. The Bertz CT molecular complexity index is 1200. The summed E-state index contributed by atoms with van der Waals surface area (Å²) in [7, 11) is 0. The average molecular weight is 537 g/mol. The van der Waals surface area contributed by atoms with Crippen molar-refractivity contribution >= 4 is 41.9 Å². The lowest BCUT2D eigenvalue weighted by Crippen LogP contribution is -2.52. The zero-order chi connectivity index (χ0) is 27.7. The highest BCUT2D eigenvalue weighted by Crippen LogP contribution is 2.24. The van der Waals surface area contributed by atoms with Crippen LogP contribution in [0.1, 0.15) is 37.6 Å². The van der Waals surface area contributed by atoms with Crippen LogP contribution in [0.2, 0.25) is 0 Å². The Morgan fingerprint density at radius 2 is 1.61 bits per heavy atom. The van der Waals surface area contributed by atoms with Crippen LogP contribution in [0.4, 0.5) is 22.1 Å². The molecule has 0 saturated carbocycles. The second-order valence-electron chi connectivity index (χ2n) is 8.43. The largest absolute Gasteiger partial charge is 0.351 e. The van der Waals surface area contributed by atoms with Crippen LogP contribution < -0.4 is 21.9 Å². The molecule has 38 heavy (non-hydrogen) atoms. The molecule has 202 valence electrons. The summed E-state index contributed by atoms with van der Waals surface area (Å²) in [5.41, 5.74) is 9.21. The van der Waals surface area contributed by atoms with E-state index in [1.165, 1.54) is 4.90 Å². The number of primary amides is 1. The molecular weight excluding hydrogens is 500 g/mol. The van der Waals surface area contributed by atoms with Crippen molar-refractivity contribution in [2.24, 2.45) is 11.6 Å². The quantitative estimate of drug-likeness (QED) is 0.155. The molecule has 10 nitrogen and oxygen atoms in total. The van der Waals surface area contributed by atoms with E-state index < -0.39 is 6.03 Å². The van der Waals surface area contributed by atoms with Crippen LogP contribution in [-0.4, -0.2) is 63.3 Å². The number of carbonyl (C=O) groups excluding carboxylic acids is 2. The Kier molecular flexibility index (Phi) is 10.3. The number of hydrazine groups is 1. The molecule has 4 rings (SSSR count). The molecule has 2 aromatic carbocycles. The van der Waals surface area contributed by atoms with Crippen LogP contribution in [0.25, 0.3) is 11.3 Å². The molecule has 1 atom stereocenters. The highest BCUT2D eigenvalue weighted by molar-refractivity contribution is 7.81. The summed E-state index contributed by atoms with van der Waals surface area (Å²) in [6.07, 6.45) is 2.52. The Labute approximate surface area is 229 Å². The van der Waals surface area contributed by atoms with Gasteiger partial charge in [0.25, 0.3) is 5.91 Å². The van der Waals surface area contributed by atoms with Crippen LogP contribution in [0.5, 0.6) is 0 Å². The number of amides is 3. The number of benzene rings is 2. The maximum absolute atomic E-state index is 12.8. The third-order valence-corrected chi connectivity index (χ3v) is 6.68. The van der Waals surface area contributed by atoms with E-state index in [-0.39, 0.29) is 11.3 Å². The van der Waals surface area contributed by atoms with Crippen molar-refractivity contribution < 1.29 is 9.59 Å². The highest BCUT2D eigenvalue weighted by atomic mass is 32.1. The van der Waals surface area contributed by atoms with Gasteiger partial charge in [0.15, 0.2) is 0 Å². The van der Waals surface area contributed by atoms with Crippen molar-refractivity contribution in [2.75, 3.05) is 36.5 Å². The van der Waals surface area contributed by atoms with Gasteiger partial charge in [0, 0.05) is 49.2 Å².